The zero-order chi connectivity index (χ0) is 17.1. The van der Waals surface area contributed by atoms with Crippen LogP contribution in [0.3, 0.4) is 0 Å². The van der Waals surface area contributed by atoms with Crippen LogP contribution in [0.1, 0.15) is 13.8 Å². The van der Waals surface area contributed by atoms with E-state index in [9.17, 15) is 4.79 Å². The van der Waals surface area contributed by atoms with E-state index in [4.69, 9.17) is 4.74 Å². The van der Waals surface area contributed by atoms with Crippen LogP contribution in [0.15, 0.2) is 30.3 Å². The maximum absolute atomic E-state index is 12.6. The Bertz CT molecular complexity index is 724. The molecule has 0 saturated carbocycles. The lowest BCUT2D eigenvalue weighted by Crippen LogP contribution is -2.51. The molecule has 0 atom stereocenters. The monoisotopic (exact) mass is 328 g/mol. The normalized spacial score (nSPS) is 15.8. The lowest BCUT2D eigenvalue weighted by Gasteiger charge is -2.36. The molecule has 0 aliphatic carbocycles. The van der Waals surface area contributed by atoms with Crippen LogP contribution >= 0.6 is 0 Å². The van der Waals surface area contributed by atoms with Crippen LogP contribution in [0.2, 0.25) is 0 Å². The Kier molecular flexibility index (Phi) is 4.85. The first-order valence-electron chi connectivity index (χ1n) is 8.32. The number of para-hydroxylation sites is 1. The number of anilines is 1. The molecule has 0 bridgehead atoms. The highest BCUT2D eigenvalue weighted by atomic mass is 16.5. The van der Waals surface area contributed by atoms with Crippen LogP contribution in [-0.2, 0) is 0 Å². The van der Waals surface area contributed by atoms with Gasteiger partial charge in [-0.1, -0.05) is 18.2 Å². The minimum atomic E-state index is -0.103. The van der Waals surface area contributed by atoms with E-state index in [0.717, 1.165) is 37.1 Å². The highest BCUT2D eigenvalue weighted by Crippen LogP contribution is 2.27. The van der Waals surface area contributed by atoms with E-state index in [0.29, 0.717) is 17.6 Å². The second-order valence-electron chi connectivity index (χ2n) is 6.28. The van der Waals surface area contributed by atoms with Crippen LogP contribution in [-0.4, -0.2) is 60.1 Å². The van der Waals surface area contributed by atoms with Crippen molar-refractivity contribution in [3.8, 4) is 5.88 Å². The lowest BCUT2D eigenvalue weighted by atomic mass is 10.2. The first-order valence-corrected chi connectivity index (χ1v) is 8.32. The molecule has 128 valence electrons. The summed E-state index contributed by atoms with van der Waals surface area (Å²) in [5, 5.41) is 3.92. The summed E-state index contributed by atoms with van der Waals surface area (Å²) in [5.41, 5.74) is 1.45. The second kappa shape index (κ2) is 7.05. The molecule has 0 spiro atoms. The molecule has 0 radical (unpaired) electrons. The van der Waals surface area contributed by atoms with Crippen molar-refractivity contribution >= 4 is 22.6 Å². The topological polar surface area (TPSA) is 57.7 Å². The number of hydrogen-bond acceptors (Lipinski definition) is 4. The van der Waals surface area contributed by atoms with Crippen molar-refractivity contribution in [3.63, 3.8) is 0 Å². The summed E-state index contributed by atoms with van der Waals surface area (Å²) in [6.07, 6.45) is 0. The Hall–Kier alpha value is -2.34. The van der Waals surface area contributed by atoms with E-state index in [2.05, 4.69) is 29.0 Å². The van der Waals surface area contributed by atoms with E-state index < -0.39 is 0 Å². The summed E-state index contributed by atoms with van der Waals surface area (Å²) in [6.45, 7) is 7.62. The molecule has 2 heterocycles. The van der Waals surface area contributed by atoms with Gasteiger partial charge >= 0.3 is 6.03 Å². The average Bonchev–Trinajstić information content (AvgIpc) is 2.61. The molecule has 3 rings (SSSR count). The largest absolute Gasteiger partial charge is 0.479 e. The molecular weight excluding hydrogens is 304 g/mol. The Morgan fingerprint density at radius 1 is 1.21 bits per heavy atom. The molecule has 1 aromatic carbocycles. The third-order valence-electron chi connectivity index (χ3n) is 4.46. The van der Waals surface area contributed by atoms with Gasteiger partial charge in [-0.2, -0.15) is 0 Å². The van der Waals surface area contributed by atoms with Crippen molar-refractivity contribution in [2.45, 2.75) is 19.9 Å². The standard InChI is InChI=1S/C18H24N4O2/c1-13(2)21-8-10-22(11-9-21)18(23)20-16-12-14-6-4-5-7-15(14)19-17(16)24-3/h4-7,12-13H,8-11H2,1-3H3,(H,20,23). The number of nitrogens with one attached hydrogen (secondary N) is 1. The molecule has 1 aliphatic rings. The number of carbonyl (C=O) groups is 1. The molecule has 24 heavy (non-hydrogen) atoms. The number of carbonyl (C=O) groups excluding carboxylic acids is 1. The molecule has 1 fully saturated rings. The van der Waals surface area contributed by atoms with Gasteiger partial charge in [-0.05, 0) is 26.0 Å². The minimum absolute atomic E-state index is 0.103. The quantitative estimate of drug-likeness (QED) is 0.941. The number of ether oxygens (including phenoxy) is 1. The van der Waals surface area contributed by atoms with Gasteiger partial charge in [0.15, 0.2) is 0 Å². The van der Waals surface area contributed by atoms with Crippen molar-refractivity contribution in [1.82, 2.24) is 14.8 Å². The second-order valence-corrected chi connectivity index (χ2v) is 6.28. The summed E-state index contributed by atoms with van der Waals surface area (Å²) in [7, 11) is 1.56. The van der Waals surface area contributed by atoms with Crippen LogP contribution in [0.5, 0.6) is 5.88 Å². The molecule has 2 aromatic rings. The molecular formula is C18H24N4O2. The van der Waals surface area contributed by atoms with Gasteiger partial charge in [0.2, 0.25) is 5.88 Å². The van der Waals surface area contributed by atoms with E-state index in [1.807, 2.05) is 35.2 Å². The number of pyridine rings is 1. The molecule has 1 N–H and O–H groups in total. The maximum atomic E-state index is 12.6. The highest BCUT2D eigenvalue weighted by Gasteiger charge is 2.23. The number of rotatable bonds is 3. The first kappa shape index (κ1) is 16.5. The number of fused-ring (bicyclic) bond motifs is 1. The first-order chi connectivity index (χ1) is 11.6. The number of amides is 2. The number of hydrogen-bond donors (Lipinski definition) is 1. The molecule has 1 aliphatic heterocycles. The molecule has 2 amide bonds. The Morgan fingerprint density at radius 3 is 2.58 bits per heavy atom. The van der Waals surface area contributed by atoms with Crippen molar-refractivity contribution in [1.29, 1.82) is 0 Å². The van der Waals surface area contributed by atoms with Crippen LogP contribution < -0.4 is 10.1 Å². The fraction of sp³-hybridized carbons (Fsp3) is 0.444. The van der Waals surface area contributed by atoms with Crippen LogP contribution in [0.25, 0.3) is 10.9 Å². The number of aromatic nitrogens is 1. The average molecular weight is 328 g/mol. The molecule has 0 unspecified atom stereocenters. The van der Waals surface area contributed by atoms with Gasteiger partial charge in [-0.25, -0.2) is 9.78 Å². The van der Waals surface area contributed by atoms with Crippen LogP contribution in [0, 0.1) is 0 Å². The summed E-state index contributed by atoms with van der Waals surface area (Å²) >= 11 is 0. The SMILES string of the molecule is COc1nc2ccccc2cc1NC(=O)N1CCN(C(C)C)CC1. The zero-order valence-corrected chi connectivity index (χ0v) is 14.5. The predicted molar refractivity (Wildman–Crippen MR) is 95.6 cm³/mol. The molecule has 1 aromatic heterocycles. The number of nitrogens with zero attached hydrogens (tertiary/aromatic N) is 3. The van der Waals surface area contributed by atoms with E-state index in [1.54, 1.807) is 7.11 Å². The van der Waals surface area contributed by atoms with Gasteiger partial charge < -0.3 is 15.0 Å². The van der Waals surface area contributed by atoms with Crippen molar-refractivity contribution in [2.75, 3.05) is 38.6 Å². The summed E-state index contributed by atoms with van der Waals surface area (Å²) in [5.74, 6) is 0.433. The fourth-order valence-electron chi connectivity index (χ4n) is 2.98. The maximum Gasteiger partial charge on any atom is 0.322 e. The smallest absolute Gasteiger partial charge is 0.322 e. The van der Waals surface area contributed by atoms with Crippen molar-refractivity contribution in [3.05, 3.63) is 30.3 Å². The van der Waals surface area contributed by atoms with E-state index in [1.165, 1.54) is 0 Å². The van der Waals surface area contributed by atoms with Crippen LogP contribution in [0.4, 0.5) is 10.5 Å². The van der Waals surface area contributed by atoms with Gasteiger partial charge in [-0.3, -0.25) is 4.90 Å². The summed E-state index contributed by atoms with van der Waals surface area (Å²) < 4.78 is 5.34. The Balaban J connectivity index is 1.73. The predicted octanol–water partition coefficient (Wildman–Crippen LogP) is 2.80. The number of methoxy groups -OCH3 is 1. The summed E-state index contributed by atoms with van der Waals surface area (Å²) in [6, 6.07) is 10.1. The number of urea groups is 1. The lowest BCUT2D eigenvalue weighted by molar-refractivity contribution is 0.125. The zero-order valence-electron chi connectivity index (χ0n) is 14.5. The minimum Gasteiger partial charge on any atom is -0.479 e. The Morgan fingerprint density at radius 2 is 1.92 bits per heavy atom. The van der Waals surface area contributed by atoms with Gasteiger partial charge in [0.05, 0.1) is 12.6 Å². The molecule has 6 heteroatoms. The third kappa shape index (κ3) is 3.43. The van der Waals surface area contributed by atoms with Gasteiger partial charge in [0, 0.05) is 37.6 Å². The number of piperazine rings is 1. The van der Waals surface area contributed by atoms with Crippen molar-refractivity contribution in [2.24, 2.45) is 0 Å². The number of benzene rings is 1. The van der Waals surface area contributed by atoms with E-state index in [-0.39, 0.29) is 6.03 Å². The van der Waals surface area contributed by atoms with Gasteiger partial charge in [0.1, 0.15) is 5.69 Å². The van der Waals surface area contributed by atoms with E-state index >= 15 is 0 Å². The van der Waals surface area contributed by atoms with Crippen molar-refractivity contribution < 1.29 is 9.53 Å². The van der Waals surface area contributed by atoms with Gasteiger partial charge in [0.25, 0.3) is 0 Å². The third-order valence-corrected chi connectivity index (χ3v) is 4.46. The highest BCUT2D eigenvalue weighted by molar-refractivity contribution is 5.94. The summed E-state index contributed by atoms with van der Waals surface area (Å²) in [4.78, 5) is 21.2. The Labute approximate surface area is 142 Å². The fourth-order valence-corrected chi connectivity index (χ4v) is 2.98. The molecule has 6 nitrogen and oxygen atoms in total. The van der Waals surface area contributed by atoms with Gasteiger partial charge in [-0.15, -0.1) is 0 Å². The molecule has 1 saturated heterocycles.